The van der Waals surface area contributed by atoms with E-state index >= 15 is 0 Å². The molecule has 0 atom stereocenters. The fourth-order valence-electron chi connectivity index (χ4n) is 3.41. The van der Waals surface area contributed by atoms with E-state index in [0.717, 1.165) is 29.4 Å². The first-order valence-corrected chi connectivity index (χ1v) is 11.5. The van der Waals surface area contributed by atoms with Crippen LogP contribution < -0.4 is 21.4 Å². The molecule has 11 heteroatoms. The first-order valence-electron chi connectivity index (χ1n) is 10.7. The predicted molar refractivity (Wildman–Crippen MR) is 129 cm³/mol. The number of benzene rings is 2. The first-order chi connectivity index (χ1) is 16.3. The van der Waals surface area contributed by atoms with Gasteiger partial charge in [-0.25, -0.2) is 14.2 Å². The molecule has 9 nitrogen and oxygen atoms in total. The largest absolute Gasteiger partial charge is 0.489 e. The second kappa shape index (κ2) is 10.3. The van der Waals surface area contributed by atoms with Crippen LogP contribution >= 0.6 is 23.2 Å². The fraction of sp³-hybridized carbons (Fsp3) is 0.304. The summed E-state index contributed by atoms with van der Waals surface area (Å²) in [4.78, 5) is 40.7. The standard InChI is InChI=1S/C23H22Cl2N4O5/c24-15-6-4-14(5-7-15)13-29-21(27-22(32)28(23(29)33)11-10-20(30)31)26-16-8-9-19(18(25)12-16)34-17-2-1-3-17/h4-9,12,17H,1-3,10-11,13H2,(H,30,31)(H,26,27,32). The van der Waals surface area contributed by atoms with E-state index < -0.39 is 17.3 Å². The van der Waals surface area contributed by atoms with Crippen molar-refractivity contribution in [2.24, 2.45) is 0 Å². The molecule has 0 saturated heterocycles. The van der Waals surface area contributed by atoms with Gasteiger partial charge in [-0.1, -0.05) is 35.3 Å². The number of nitrogens with one attached hydrogen (secondary N) is 1. The summed E-state index contributed by atoms with van der Waals surface area (Å²) in [6.45, 7) is -0.213. The second-order valence-electron chi connectivity index (χ2n) is 7.95. The minimum absolute atomic E-state index is 0.000234. The summed E-state index contributed by atoms with van der Waals surface area (Å²) in [7, 11) is 0. The van der Waals surface area contributed by atoms with Crippen molar-refractivity contribution in [1.82, 2.24) is 14.1 Å². The Morgan fingerprint density at radius 2 is 1.85 bits per heavy atom. The Bertz CT molecular complexity index is 1320. The molecule has 1 saturated carbocycles. The smallest absolute Gasteiger partial charge is 0.354 e. The fourth-order valence-corrected chi connectivity index (χ4v) is 3.76. The number of carboxylic acid groups (broad SMARTS) is 1. The van der Waals surface area contributed by atoms with Gasteiger partial charge in [0.25, 0.3) is 0 Å². The van der Waals surface area contributed by atoms with E-state index in [1.807, 2.05) is 0 Å². The van der Waals surface area contributed by atoms with Crippen LogP contribution in [0.3, 0.4) is 0 Å². The van der Waals surface area contributed by atoms with Gasteiger partial charge < -0.3 is 15.2 Å². The van der Waals surface area contributed by atoms with E-state index in [-0.39, 0.29) is 31.6 Å². The Morgan fingerprint density at radius 1 is 1.12 bits per heavy atom. The van der Waals surface area contributed by atoms with Crippen LogP contribution in [0.25, 0.3) is 0 Å². The summed E-state index contributed by atoms with van der Waals surface area (Å²) < 4.78 is 7.92. The van der Waals surface area contributed by atoms with E-state index in [1.165, 1.54) is 4.57 Å². The number of aromatic nitrogens is 3. The molecule has 0 amide bonds. The molecule has 1 aliphatic carbocycles. The lowest BCUT2D eigenvalue weighted by Gasteiger charge is -2.27. The van der Waals surface area contributed by atoms with Gasteiger partial charge in [-0.2, -0.15) is 4.98 Å². The highest BCUT2D eigenvalue weighted by Gasteiger charge is 2.20. The summed E-state index contributed by atoms with van der Waals surface area (Å²) in [6.07, 6.45) is 2.91. The molecular formula is C23H22Cl2N4O5. The van der Waals surface area contributed by atoms with E-state index in [9.17, 15) is 14.4 Å². The van der Waals surface area contributed by atoms with Gasteiger partial charge in [0.05, 0.1) is 24.1 Å². The Kier molecular flexibility index (Phi) is 7.23. The van der Waals surface area contributed by atoms with Crippen molar-refractivity contribution in [1.29, 1.82) is 0 Å². The molecule has 1 heterocycles. The second-order valence-corrected chi connectivity index (χ2v) is 8.79. The molecule has 0 radical (unpaired) electrons. The Morgan fingerprint density at radius 3 is 2.47 bits per heavy atom. The van der Waals surface area contributed by atoms with Crippen molar-refractivity contribution in [3.8, 4) is 5.75 Å². The molecule has 0 aliphatic heterocycles. The number of hydrogen-bond acceptors (Lipinski definition) is 6. The van der Waals surface area contributed by atoms with Crippen molar-refractivity contribution in [3.05, 3.63) is 79.0 Å². The zero-order valence-electron chi connectivity index (χ0n) is 18.0. The SMILES string of the molecule is O=C(O)CCn1c(=O)nc(Nc2ccc(OC3CCC3)c(Cl)c2)n(Cc2ccc(Cl)cc2)c1=O. The van der Waals surface area contributed by atoms with Crippen LogP contribution in [0.15, 0.2) is 52.1 Å². The average Bonchev–Trinajstić information content (AvgIpc) is 2.75. The van der Waals surface area contributed by atoms with Gasteiger partial charge in [0.1, 0.15) is 5.75 Å². The number of nitrogens with zero attached hydrogens (tertiary/aromatic N) is 3. The van der Waals surface area contributed by atoms with E-state index in [0.29, 0.717) is 21.5 Å². The number of ether oxygens (including phenoxy) is 1. The van der Waals surface area contributed by atoms with Crippen LogP contribution in [0.4, 0.5) is 11.6 Å². The third-order valence-electron chi connectivity index (χ3n) is 5.49. The summed E-state index contributed by atoms with van der Waals surface area (Å²) >= 11 is 12.3. The van der Waals surface area contributed by atoms with Crippen molar-refractivity contribution in [2.45, 2.75) is 44.9 Å². The zero-order valence-corrected chi connectivity index (χ0v) is 19.6. The van der Waals surface area contributed by atoms with Gasteiger partial charge in [-0.3, -0.25) is 9.36 Å². The molecule has 0 spiro atoms. The van der Waals surface area contributed by atoms with Crippen molar-refractivity contribution in [3.63, 3.8) is 0 Å². The summed E-state index contributed by atoms with van der Waals surface area (Å²) in [5, 5.41) is 12.9. The van der Waals surface area contributed by atoms with Gasteiger partial charge in [-0.05, 0) is 55.2 Å². The molecule has 2 N–H and O–H groups in total. The maximum Gasteiger partial charge on any atom is 0.354 e. The zero-order chi connectivity index (χ0) is 24.2. The van der Waals surface area contributed by atoms with Crippen LogP contribution in [-0.2, 0) is 17.9 Å². The lowest BCUT2D eigenvalue weighted by molar-refractivity contribution is -0.137. The van der Waals surface area contributed by atoms with Crippen LogP contribution in [0.2, 0.25) is 10.0 Å². The monoisotopic (exact) mass is 504 g/mol. The summed E-state index contributed by atoms with van der Waals surface area (Å²) in [5.41, 5.74) is -0.292. The highest BCUT2D eigenvalue weighted by Crippen LogP contribution is 2.33. The van der Waals surface area contributed by atoms with Crippen LogP contribution in [0.5, 0.6) is 5.75 Å². The first kappa shape index (κ1) is 23.8. The Hall–Kier alpha value is -3.30. The van der Waals surface area contributed by atoms with Gasteiger partial charge in [-0.15, -0.1) is 0 Å². The molecule has 1 fully saturated rings. The highest BCUT2D eigenvalue weighted by molar-refractivity contribution is 6.32. The summed E-state index contributed by atoms with van der Waals surface area (Å²) in [5.74, 6) is -0.565. The number of aliphatic carboxylic acids is 1. The highest BCUT2D eigenvalue weighted by atomic mass is 35.5. The Balaban J connectivity index is 1.67. The molecule has 34 heavy (non-hydrogen) atoms. The third kappa shape index (κ3) is 5.60. The lowest BCUT2D eigenvalue weighted by atomic mass is 9.96. The van der Waals surface area contributed by atoms with Gasteiger partial charge in [0, 0.05) is 17.3 Å². The lowest BCUT2D eigenvalue weighted by Crippen LogP contribution is -2.43. The Labute approximate surface area is 204 Å². The number of halogens is 2. The molecule has 1 aliphatic rings. The number of carbonyl (C=O) groups is 1. The summed E-state index contributed by atoms with van der Waals surface area (Å²) in [6, 6.07) is 11.9. The normalized spacial score (nSPS) is 13.4. The van der Waals surface area contributed by atoms with E-state index in [2.05, 4.69) is 10.3 Å². The maximum absolute atomic E-state index is 13.1. The molecule has 3 aromatic rings. The van der Waals surface area contributed by atoms with Crippen LogP contribution in [0.1, 0.15) is 31.2 Å². The maximum atomic E-state index is 13.1. The molecule has 1 aromatic heterocycles. The minimum atomic E-state index is -1.13. The molecule has 4 rings (SSSR count). The quantitative estimate of drug-likeness (QED) is 0.453. The van der Waals surface area contributed by atoms with E-state index in [4.69, 9.17) is 33.0 Å². The van der Waals surface area contributed by atoms with Gasteiger partial charge >= 0.3 is 17.3 Å². The third-order valence-corrected chi connectivity index (χ3v) is 6.03. The molecular weight excluding hydrogens is 483 g/mol. The molecule has 0 unspecified atom stereocenters. The van der Waals surface area contributed by atoms with E-state index in [1.54, 1.807) is 42.5 Å². The average molecular weight is 505 g/mol. The number of anilines is 2. The molecule has 178 valence electrons. The molecule has 0 bridgehead atoms. The predicted octanol–water partition coefficient (Wildman–Crippen LogP) is 3.91. The number of carboxylic acids is 1. The topological polar surface area (TPSA) is 115 Å². The number of hydrogen-bond donors (Lipinski definition) is 2. The van der Waals surface area contributed by atoms with Crippen molar-refractivity contribution < 1.29 is 14.6 Å². The van der Waals surface area contributed by atoms with Crippen molar-refractivity contribution in [2.75, 3.05) is 5.32 Å². The molecule has 2 aromatic carbocycles. The van der Waals surface area contributed by atoms with Gasteiger partial charge in [0.15, 0.2) is 0 Å². The van der Waals surface area contributed by atoms with Crippen LogP contribution in [0, 0.1) is 0 Å². The van der Waals surface area contributed by atoms with Gasteiger partial charge in [0.2, 0.25) is 5.95 Å². The number of rotatable bonds is 9. The van der Waals surface area contributed by atoms with Crippen LogP contribution in [-0.4, -0.2) is 31.3 Å². The minimum Gasteiger partial charge on any atom is -0.489 e. The van der Waals surface area contributed by atoms with Crippen molar-refractivity contribution >= 4 is 40.8 Å².